The molecule has 0 amide bonds. The first-order chi connectivity index (χ1) is 7.70. The number of hydrogen-bond acceptors (Lipinski definition) is 2. The number of aryl methyl sites for hydroxylation is 1. The number of nitrogens with zero attached hydrogens (tertiary/aromatic N) is 2. The van der Waals surface area contributed by atoms with Crippen LogP contribution in [0.1, 0.15) is 24.1 Å². The molecule has 2 N–H and O–H groups in total. The van der Waals surface area contributed by atoms with E-state index >= 15 is 0 Å². The number of benzene rings is 1. The highest BCUT2D eigenvalue weighted by Crippen LogP contribution is 2.23. The van der Waals surface area contributed by atoms with Gasteiger partial charge in [-0.1, -0.05) is 24.3 Å². The van der Waals surface area contributed by atoms with Crippen LogP contribution in [-0.4, -0.2) is 15.8 Å². The summed E-state index contributed by atoms with van der Waals surface area (Å²) in [5.41, 5.74) is 8.56. The Labute approximate surface area is 95.9 Å². The maximum Gasteiger partial charge on any atom is 0.0919 e. The highest BCUT2D eigenvalue weighted by molar-refractivity contribution is 5.30. The Hall–Kier alpha value is -1.61. The number of aromatic nitrogens is 2. The maximum absolute atomic E-state index is 6.07. The minimum atomic E-state index is 0.0287. The molecule has 0 unspecified atom stereocenters. The van der Waals surface area contributed by atoms with Crippen LogP contribution in [0, 0.1) is 6.92 Å². The summed E-state index contributed by atoms with van der Waals surface area (Å²) < 4.78 is 1.92. The van der Waals surface area contributed by atoms with Crippen LogP contribution < -0.4 is 5.73 Å². The van der Waals surface area contributed by atoms with Crippen LogP contribution in [0.2, 0.25) is 0 Å². The molecule has 0 bridgehead atoms. The molecule has 0 aliphatic carbocycles. The van der Waals surface area contributed by atoms with Crippen LogP contribution in [0.3, 0.4) is 0 Å². The molecule has 0 radical (unpaired) electrons. The average Bonchev–Trinajstić information content (AvgIpc) is 2.74. The SMILES string of the molecule is Cc1ccccc1[C@H]([C@@H](C)N)n1cccn1. The summed E-state index contributed by atoms with van der Waals surface area (Å²) in [6.07, 6.45) is 3.74. The molecule has 1 aromatic carbocycles. The van der Waals surface area contributed by atoms with Crippen molar-refractivity contribution in [1.82, 2.24) is 9.78 Å². The van der Waals surface area contributed by atoms with E-state index in [0.717, 1.165) is 0 Å². The lowest BCUT2D eigenvalue weighted by atomic mass is 9.97. The summed E-state index contributed by atoms with van der Waals surface area (Å²) in [5, 5.41) is 4.29. The first-order valence-corrected chi connectivity index (χ1v) is 5.50. The van der Waals surface area contributed by atoms with Crippen molar-refractivity contribution >= 4 is 0 Å². The van der Waals surface area contributed by atoms with Crippen LogP contribution in [0.5, 0.6) is 0 Å². The molecule has 2 atom stereocenters. The van der Waals surface area contributed by atoms with Gasteiger partial charge in [-0.2, -0.15) is 5.10 Å². The molecule has 3 nitrogen and oxygen atoms in total. The van der Waals surface area contributed by atoms with Crippen LogP contribution in [0.4, 0.5) is 0 Å². The molecule has 84 valence electrons. The van der Waals surface area contributed by atoms with Crippen molar-refractivity contribution in [2.75, 3.05) is 0 Å². The number of hydrogen-bond donors (Lipinski definition) is 1. The Morgan fingerprint density at radius 1 is 1.25 bits per heavy atom. The normalized spacial score (nSPS) is 14.7. The van der Waals surface area contributed by atoms with E-state index in [4.69, 9.17) is 5.73 Å². The molecule has 0 spiro atoms. The van der Waals surface area contributed by atoms with Gasteiger partial charge in [0.1, 0.15) is 0 Å². The van der Waals surface area contributed by atoms with Gasteiger partial charge in [0.15, 0.2) is 0 Å². The maximum atomic E-state index is 6.07. The lowest BCUT2D eigenvalue weighted by Crippen LogP contribution is -2.31. The smallest absolute Gasteiger partial charge is 0.0919 e. The Balaban J connectivity index is 2.45. The molecule has 2 rings (SSSR count). The fourth-order valence-corrected chi connectivity index (χ4v) is 2.03. The van der Waals surface area contributed by atoms with E-state index in [1.165, 1.54) is 11.1 Å². The van der Waals surface area contributed by atoms with Gasteiger partial charge in [0.05, 0.1) is 6.04 Å². The van der Waals surface area contributed by atoms with Crippen molar-refractivity contribution in [2.45, 2.75) is 25.9 Å². The van der Waals surface area contributed by atoms with Crippen molar-refractivity contribution in [2.24, 2.45) is 5.73 Å². The van der Waals surface area contributed by atoms with Crippen LogP contribution in [0.25, 0.3) is 0 Å². The molecule has 2 aromatic rings. The van der Waals surface area contributed by atoms with Gasteiger partial charge >= 0.3 is 0 Å². The fraction of sp³-hybridized carbons (Fsp3) is 0.308. The third-order valence-corrected chi connectivity index (χ3v) is 2.82. The van der Waals surface area contributed by atoms with E-state index in [1.807, 2.05) is 36.0 Å². The number of rotatable bonds is 3. The van der Waals surface area contributed by atoms with Gasteiger partial charge < -0.3 is 5.73 Å². The summed E-state index contributed by atoms with van der Waals surface area (Å²) in [4.78, 5) is 0. The van der Waals surface area contributed by atoms with Crippen molar-refractivity contribution in [1.29, 1.82) is 0 Å². The zero-order chi connectivity index (χ0) is 11.5. The van der Waals surface area contributed by atoms with Gasteiger partial charge in [0.2, 0.25) is 0 Å². The van der Waals surface area contributed by atoms with Gasteiger partial charge in [0.25, 0.3) is 0 Å². The second kappa shape index (κ2) is 4.49. The van der Waals surface area contributed by atoms with Gasteiger partial charge in [-0.25, -0.2) is 0 Å². The van der Waals surface area contributed by atoms with Gasteiger partial charge in [-0.3, -0.25) is 4.68 Å². The Morgan fingerprint density at radius 2 is 2.00 bits per heavy atom. The van der Waals surface area contributed by atoms with Gasteiger partial charge in [0, 0.05) is 18.4 Å². The minimum absolute atomic E-state index is 0.0287. The predicted octanol–water partition coefficient (Wildman–Crippen LogP) is 2.13. The fourth-order valence-electron chi connectivity index (χ4n) is 2.03. The number of nitrogens with two attached hydrogens (primary N) is 1. The van der Waals surface area contributed by atoms with E-state index in [9.17, 15) is 0 Å². The molecule has 1 aromatic heterocycles. The Bertz CT molecular complexity index is 446. The standard InChI is InChI=1S/C13H17N3/c1-10-6-3-4-7-12(10)13(11(2)14)16-9-5-8-15-16/h3-9,11,13H,14H2,1-2H3/t11-,13+/m1/s1. The average molecular weight is 215 g/mol. The summed E-state index contributed by atoms with van der Waals surface area (Å²) in [6, 6.07) is 10.4. The molecule has 16 heavy (non-hydrogen) atoms. The van der Waals surface area contributed by atoms with E-state index < -0.39 is 0 Å². The molecule has 1 heterocycles. The van der Waals surface area contributed by atoms with Gasteiger partial charge in [-0.05, 0) is 31.0 Å². The zero-order valence-corrected chi connectivity index (χ0v) is 9.67. The summed E-state index contributed by atoms with van der Waals surface area (Å²) in [7, 11) is 0. The quantitative estimate of drug-likeness (QED) is 0.852. The Kier molecular flexibility index (Phi) is 3.06. The zero-order valence-electron chi connectivity index (χ0n) is 9.67. The summed E-state index contributed by atoms with van der Waals surface area (Å²) in [5.74, 6) is 0. The highest BCUT2D eigenvalue weighted by atomic mass is 15.3. The van der Waals surface area contributed by atoms with Crippen LogP contribution in [0.15, 0.2) is 42.7 Å². The van der Waals surface area contributed by atoms with Crippen LogP contribution in [-0.2, 0) is 0 Å². The van der Waals surface area contributed by atoms with E-state index in [-0.39, 0.29) is 12.1 Å². The van der Waals surface area contributed by atoms with E-state index in [1.54, 1.807) is 6.20 Å². The third-order valence-electron chi connectivity index (χ3n) is 2.82. The molecular formula is C13H17N3. The lowest BCUT2D eigenvalue weighted by molar-refractivity contribution is 0.452. The summed E-state index contributed by atoms with van der Waals surface area (Å²) in [6.45, 7) is 4.12. The lowest BCUT2D eigenvalue weighted by Gasteiger charge is -2.23. The summed E-state index contributed by atoms with van der Waals surface area (Å²) >= 11 is 0. The molecule has 0 fully saturated rings. The topological polar surface area (TPSA) is 43.8 Å². The van der Waals surface area contributed by atoms with Crippen molar-refractivity contribution in [3.05, 3.63) is 53.9 Å². The molecule has 0 aliphatic heterocycles. The largest absolute Gasteiger partial charge is 0.326 e. The second-order valence-electron chi connectivity index (χ2n) is 4.15. The van der Waals surface area contributed by atoms with Crippen molar-refractivity contribution < 1.29 is 0 Å². The van der Waals surface area contributed by atoms with Crippen molar-refractivity contribution in [3.63, 3.8) is 0 Å². The monoisotopic (exact) mass is 215 g/mol. The predicted molar refractivity (Wildman–Crippen MR) is 65.2 cm³/mol. The first-order valence-electron chi connectivity index (χ1n) is 5.50. The molecule has 0 saturated heterocycles. The first kappa shape index (κ1) is 10.9. The highest BCUT2D eigenvalue weighted by Gasteiger charge is 2.19. The van der Waals surface area contributed by atoms with Crippen LogP contribution >= 0.6 is 0 Å². The minimum Gasteiger partial charge on any atom is -0.326 e. The molecule has 0 saturated carbocycles. The second-order valence-corrected chi connectivity index (χ2v) is 4.15. The Morgan fingerprint density at radius 3 is 2.56 bits per heavy atom. The molecule has 0 aliphatic rings. The molecule has 3 heteroatoms. The third kappa shape index (κ3) is 1.99. The van der Waals surface area contributed by atoms with Crippen molar-refractivity contribution in [3.8, 4) is 0 Å². The van der Waals surface area contributed by atoms with E-state index in [0.29, 0.717) is 0 Å². The molecular weight excluding hydrogens is 198 g/mol. The van der Waals surface area contributed by atoms with E-state index in [2.05, 4.69) is 24.2 Å². The van der Waals surface area contributed by atoms with Gasteiger partial charge in [-0.15, -0.1) is 0 Å².